The van der Waals surface area contributed by atoms with Crippen molar-refractivity contribution >= 4 is 31.2 Å². The van der Waals surface area contributed by atoms with Crippen molar-refractivity contribution in [1.82, 2.24) is 0 Å². The van der Waals surface area contributed by atoms with Gasteiger partial charge in [0.25, 0.3) is 0 Å². The Morgan fingerprint density at radius 3 is 0.769 bits per heavy atom. The maximum Gasteiger partial charge on any atom is 3.00 e. The average Bonchev–Trinajstić information content (AvgIpc) is 2.70. The Balaban J connectivity index is -0.000000129. The van der Waals surface area contributed by atoms with E-state index in [0.29, 0.717) is 23.3 Å². The summed E-state index contributed by atoms with van der Waals surface area (Å²) in [6.07, 6.45) is 0. The van der Waals surface area contributed by atoms with Crippen molar-refractivity contribution in [2.24, 2.45) is 0 Å². The molecule has 2 aromatic carbocycles. The molecule has 0 fully saturated rings. The molecule has 39 heavy (non-hydrogen) atoms. The molecule has 226 valence electrons. The van der Waals surface area contributed by atoms with E-state index in [1.165, 1.54) is 11.1 Å². The summed E-state index contributed by atoms with van der Waals surface area (Å²) in [7, 11) is -15.5. The number of hydrogen-bond donors (Lipinski definition) is 2. The maximum atomic E-state index is 8.52. The van der Waals surface area contributed by atoms with Gasteiger partial charge in [0, 0.05) is 31.2 Å². The van der Waals surface area contributed by atoms with Crippen LogP contribution in [-0.4, -0.2) is 63.1 Å². The molecule has 0 spiro atoms. The van der Waals surface area contributed by atoms with Gasteiger partial charge in [0.1, 0.15) is 0 Å². The van der Waals surface area contributed by atoms with Crippen molar-refractivity contribution in [3.8, 4) is 11.5 Å². The van der Waals surface area contributed by atoms with Gasteiger partial charge in [-0.15, -0.1) is 0 Å². The van der Waals surface area contributed by atoms with Crippen LogP contribution in [0.1, 0.15) is 50.7 Å². The molecule has 0 heterocycles. The number of rotatable bonds is 4. The zero-order valence-corrected chi connectivity index (χ0v) is 25.0. The maximum absolute atomic E-state index is 8.52. The molecule has 2 aromatic rings. The van der Waals surface area contributed by atoms with E-state index in [1.807, 2.05) is 24.3 Å². The molecule has 21 heteroatoms. The topological polar surface area (TPSA) is 300 Å². The molecule has 2 radical (unpaired) electrons. The van der Waals surface area contributed by atoms with Gasteiger partial charge in [-0.05, 0) is 47.2 Å². The van der Waals surface area contributed by atoms with Crippen LogP contribution in [0.15, 0.2) is 48.5 Å². The molecule has 0 atom stereocenters. The zero-order chi connectivity index (χ0) is 30.0. The molecule has 2 N–H and O–H groups in total. The molecule has 0 amide bonds. The minimum Gasteiger partial charge on any atom is -0.759 e. The normalized spacial score (nSPS) is 10.2. The van der Waals surface area contributed by atoms with E-state index in [2.05, 4.69) is 37.5 Å². The predicted molar refractivity (Wildman–Crippen MR) is 119 cm³/mol. The molecular weight excluding hydrogens is 680 g/mol. The Morgan fingerprint density at radius 1 is 0.513 bits per heavy atom. The standard InChI is InChI=1S/2C9H12O2.2Fe.3H2O4S/c2*1-7(2)8-3-5-9(11-10)6-4-8;;;3*1-5(2,3)4/h2*3-7,10H,1-2H3;;;3*(H2,1,2,3,4)/q;;2*+3;;;/p-6. The van der Waals surface area contributed by atoms with Crippen LogP contribution in [0.2, 0.25) is 0 Å². The molecule has 0 aliphatic carbocycles. The van der Waals surface area contributed by atoms with Crippen molar-refractivity contribution < 1.29 is 107 Å². The van der Waals surface area contributed by atoms with Gasteiger partial charge in [-0.1, -0.05) is 52.0 Å². The quantitative estimate of drug-likeness (QED) is 0.149. The smallest absolute Gasteiger partial charge is 0.759 e. The summed E-state index contributed by atoms with van der Waals surface area (Å²) in [5.74, 6) is 1.99. The van der Waals surface area contributed by atoms with Crippen LogP contribution in [0.4, 0.5) is 0 Å². The average molecular weight is 704 g/mol. The van der Waals surface area contributed by atoms with E-state index < -0.39 is 31.2 Å². The van der Waals surface area contributed by atoms with Crippen molar-refractivity contribution in [3.63, 3.8) is 0 Å². The van der Waals surface area contributed by atoms with Gasteiger partial charge in [-0.2, -0.15) is 0 Å². The number of hydrogen-bond acceptors (Lipinski definition) is 16. The van der Waals surface area contributed by atoms with Crippen molar-refractivity contribution in [2.45, 2.75) is 39.5 Å². The van der Waals surface area contributed by atoms with Gasteiger partial charge in [-0.25, -0.2) is 10.5 Å². The Bertz CT molecular complexity index is 1040. The third-order valence-electron chi connectivity index (χ3n) is 3.30. The first-order valence-corrected chi connectivity index (χ1v) is 13.3. The van der Waals surface area contributed by atoms with Crippen LogP contribution >= 0.6 is 0 Å². The first-order chi connectivity index (χ1) is 16.5. The molecular formula is C18H24Fe2O16S3. The zero-order valence-electron chi connectivity index (χ0n) is 20.3. The van der Waals surface area contributed by atoms with E-state index in [0.717, 1.165) is 0 Å². The van der Waals surface area contributed by atoms with E-state index in [9.17, 15) is 0 Å². The first kappa shape index (κ1) is 47.4. The largest absolute Gasteiger partial charge is 3.00 e. The number of benzene rings is 2. The SMILES string of the molecule is CC(C)c1ccc(OO)cc1.CC(C)c1ccc(OO)cc1.O=S(=O)([O-])[O-].O=S(=O)([O-])[O-].O=S(=O)([O-])[O-].[Fe+3].[Fe+3]. The summed E-state index contributed by atoms with van der Waals surface area (Å²) in [6, 6.07) is 14.7. The second-order valence-corrected chi connectivity index (χ2v) is 9.30. The van der Waals surface area contributed by atoms with Crippen LogP contribution in [0.25, 0.3) is 0 Å². The summed E-state index contributed by atoms with van der Waals surface area (Å²) >= 11 is 0. The fourth-order valence-electron chi connectivity index (χ4n) is 1.83. The summed E-state index contributed by atoms with van der Waals surface area (Å²) < 4.78 is 102. The molecule has 0 unspecified atom stereocenters. The van der Waals surface area contributed by atoms with Gasteiger partial charge < -0.3 is 37.1 Å². The van der Waals surface area contributed by atoms with E-state index in [-0.39, 0.29) is 34.1 Å². The second-order valence-electron chi connectivity index (χ2n) is 6.85. The Hall–Kier alpha value is -1.39. The summed E-state index contributed by atoms with van der Waals surface area (Å²) in [4.78, 5) is 8.10. The molecule has 0 aliphatic rings. The van der Waals surface area contributed by atoms with Gasteiger partial charge in [-0.3, -0.25) is 25.3 Å². The van der Waals surface area contributed by atoms with Gasteiger partial charge >= 0.3 is 34.1 Å². The minimum atomic E-state index is -5.17. The van der Waals surface area contributed by atoms with E-state index >= 15 is 0 Å². The van der Waals surface area contributed by atoms with Gasteiger partial charge in [0.15, 0.2) is 11.5 Å². The minimum absolute atomic E-state index is 0. The van der Waals surface area contributed by atoms with E-state index in [4.69, 9.17) is 63.1 Å². The second kappa shape index (κ2) is 23.3. The molecule has 2 rings (SSSR count). The van der Waals surface area contributed by atoms with Crippen LogP contribution in [0.3, 0.4) is 0 Å². The van der Waals surface area contributed by atoms with Crippen LogP contribution < -0.4 is 9.78 Å². The molecule has 0 saturated carbocycles. The monoisotopic (exact) mass is 704 g/mol. The fourth-order valence-corrected chi connectivity index (χ4v) is 1.83. The predicted octanol–water partition coefficient (Wildman–Crippen LogP) is 1.30. The molecule has 0 bridgehead atoms. The molecule has 0 aromatic heterocycles. The fraction of sp³-hybridized carbons (Fsp3) is 0.333. The third-order valence-corrected chi connectivity index (χ3v) is 3.30. The third kappa shape index (κ3) is 46.8. The molecule has 0 saturated heterocycles. The van der Waals surface area contributed by atoms with Gasteiger partial charge in [0.05, 0.1) is 0 Å². The first-order valence-electron chi connectivity index (χ1n) is 9.30. The Kier molecular flexibility index (Phi) is 28.4. The van der Waals surface area contributed by atoms with Crippen molar-refractivity contribution in [2.75, 3.05) is 0 Å². The molecule has 0 aliphatic heterocycles. The Morgan fingerprint density at radius 2 is 0.667 bits per heavy atom. The summed E-state index contributed by atoms with van der Waals surface area (Å²) in [5.41, 5.74) is 2.48. The van der Waals surface area contributed by atoms with Crippen LogP contribution in [0.5, 0.6) is 11.5 Å². The van der Waals surface area contributed by atoms with Gasteiger partial charge in [0.2, 0.25) is 0 Å². The van der Waals surface area contributed by atoms with Crippen molar-refractivity contribution in [3.05, 3.63) is 59.7 Å². The Labute approximate surface area is 247 Å². The van der Waals surface area contributed by atoms with Crippen LogP contribution in [0, 0.1) is 0 Å². The summed E-state index contributed by atoms with van der Waals surface area (Å²) in [5, 5.41) is 16.5. The molecule has 16 nitrogen and oxygen atoms in total. The van der Waals surface area contributed by atoms with Crippen molar-refractivity contribution in [1.29, 1.82) is 0 Å². The summed E-state index contributed by atoms with van der Waals surface area (Å²) in [6.45, 7) is 8.48. The van der Waals surface area contributed by atoms with E-state index in [1.54, 1.807) is 24.3 Å². The van der Waals surface area contributed by atoms with Crippen LogP contribution in [-0.2, 0) is 65.3 Å².